The fourth-order valence-corrected chi connectivity index (χ4v) is 2.91. The molecule has 8 heteroatoms. The second-order valence-electron chi connectivity index (χ2n) is 7.73. The first-order valence-electron chi connectivity index (χ1n) is 9.22. The third-order valence-electron chi connectivity index (χ3n) is 4.18. The van der Waals surface area contributed by atoms with Gasteiger partial charge in [0.05, 0.1) is 10.5 Å². The van der Waals surface area contributed by atoms with E-state index in [2.05, 4.69) is 0 Å². The molecule has 0 saturated carbocycles. The standard InChI is InChI=1S/C22H21NO7/c1-13-17(28-12-19(24)30-22(2,3)4)9-8-16-20(25)18(29-21(13)16)11-14-6-5-7-15(10-14)23(26)27/h5-11H,12H2,1-4H3/b18-11-. The molecule has 1 aliphatic heterocycles. The van der Waals surface area contributed by atoms with Crippen LogP contribution in [0.5, 0.6) is 11.5 Å². The van der Waals surface area contributed by atoms with Gasteiger partial charge < -0.3 is 14.2 Å². The highest BCUT2D eigenvalue weighted by atomic mass is 16.6. The van der Waals surface area contributed by atoms with Crippen molar-refractivity contribution in [3.8, 4) is 11.5 Å². The summed E-state index contributed by atoms with van der Waals surface area (Å²) >= 11 is 0. The Hall–Kier alpha value is -3.68. The second-order valence-corrected chi connectivity index (χ2v) is 7.73. The molecule has 2 aromatic rings. The van der Waals surface area contributed by atoms with Gasteiger partial charge in [-0.1, -0.05) is 12.1 Å². The summed E-state index contributed by atoms with van der Waals surface area (Å²) in [4.78, 5) is 35.0. The second kappa shape index (κ2) is 7.98. The Balaban J connectivity index is 1.80. The Kier molecular flexibility index (Phi) is 5.60. The highest BCUT2D eigenvalue weighted by molar-refractivity contribution is 6.15. The van der Waals surface area contributed by atoms with Crippen LogP contribution in [0.2, 0.25) is 0 Å². The van der Waals surface area contributed by atoms with Gasteiger partial charge in [0.1, 0.15) is 17.1 Å². The van der Waals surface area contributed by atoms with Crippen molar-refractivity contribution in [3.63, 3.8) is 0 Å². The number of nitro benzene ring substituents is 1. The van der Waals surface area contributed by atoms with E-state index in [4.69, 9.17) is 14.2 Å². The molecule has 0 saturated heterocycles. The SMILES string of the molecule is Cc1c(OCC(=O)OC(C)(C)C)ccc2c1O/C(=C\c1cccc([N+](=O)[O-])c1)C2=O. The number of non-ortho nitro benzene ring substituents is 1. The van der Waals surface area contributed by atoms with Crippen molar-refractivity contribution in [1.29, 1.82) is 0 Å². The van der Waals surface area contributed by atoms with E-state index in [9.17, 15) is 19.7 Å². The topological polar surface area (TPSA) is 105 Å². The van der Waals surface area contributed by atoms with E-state index in [1.807, 2.05) is 0 Å². The highest BCUT2D eigenvalue weighted by Gasteiger charge is 2.30. The number of Topliss-reactive ketones (excluding diaryl/α,β-unsaturated/α-hetero) is 1. The zero-order valence-corrected chi connectivity index (χ0v) is 17.1. The normalized spacial score (nSPS) is 14.3. The van der Waals surface area contributed by atoms with E-state index in [1.54, 1.807) is 45.9 Å². The van der Waals surface area contributed by atoms with Gasteiger partial charge in [0.2, 0.25) is 5.78 Å². The van der Waals surface area contributed by atoms with E-state index < -0.39 is 16.5 Å². The van der Waals surface area contributed by atoms with Crippen LogP contribution in [0.15, 0.2) is 42.2 Å². The summed E-state index contributed by atoms with van der Waals surface area (Å²) in [6.45, 7) is 6.73. The molecule has 0 aromatic heterocycles. The fraction of sp³-hybridized carbons (Fsp3) is 0.273. The smallest absolute Gasteiger partial charge is 0.344 e. The molecule has 0 radical (unpaired) electrons. The van der Waals surface area contributed by atoms with Crippen LogP contribution in [0.4, 0.5) is 5.69 Å². The van der Waals surface area contributed by atoms with Gasteiger partial charge in [-0.05, 0) is 51.5 Å². The molecule has 1 heterocycles. The van der Waals surface area contributed by atoms with Crippen molar-refractivity contribution in [2.24, 2.45) is 0 Å². The Morgan fingerprint density at radius 3 is 2.63 bits per heavy atom. The van der Waals surface area contributed by atoms with Gasteiger partial charge in [-0.2, -0.15) is 0 Å². The van der Waals surface area contributed by atoms with Crippen LogP contribution in [0, 0.1) is 17.0 Å². The Morgan fingerprint density at radius 2 is 1.97 bits per heavy atom. The minimum atomic E-state index is -0.616. The molecule has 8 nitrogen and oxygen atoms in total. The van der Waals surface area contributed by atoms with Crippen LogP contribution in [0.25, 0.3) is 6.08 Å². The molecule has 0 spiro atoms. The molecule has 0 amide bonds. The third-order valence-corrected chi connectivity index (χ3v) is 4.18. The number of hydrogen-bond acceptors (Lipinski definition) is 7. The number of benzene rings is 2. The first kappa shape index (κ1) is 21.0. The Labute approximate surface area is 173 Å². The average Bonchev–Trinajstić information content (AvgIpc) is 2.97. The van der Waals surface area contributed by atoms with Gasteiger partial charge in [-0.15, -0.1) is 0 Å². The lowest BCUT2D eigenvalue weighted by Gasteiger charge is -2.19. The van der Waals surface area contributed by atoms with Crippen LogP contribution < -0.4 is 9.47 Å². The minimum absolute atomic E-state index is 0.0536. The molecule has 0 unspecified atom stereocenters. The molecule has 1 aliphatic rings. The average molecular weight is 411 g/mol. The molecule has 0 N–H and O–H groups in total. The van der Waals surface area contributed by atoms with Crippen LogP contribution in [0.1, 0.15) is 42.3 Å². The van der Waals surface area contributed by atoms with E-state index in [0.717, 1.165) is 0 Å². The number of carbonyl (C=O) groups is 2. The van der Waals surface area contributed by atoms with Gasteiger partial charge in [-0.25, -0.2) is 4.79 Å². The summed E-state index contributed by atoms with van der Waals surface area (Å²) < 4.78 is 16.5. The number of nitrogens with zero attached hydrogens (tertiary/aromatic N) is 1. The molecule has 0 aliphatic carbocycles. The third kappa shape index (κ3) is 4.65. The summed E-state index contributed by atoms with van der Waals surface area (Å²) in [5, 5.41) is 10.9. The maximum Gasteiger partial charge on any atom is 0.344 e. The number of rotatable bonds is 5. The molecule has 30 heavy (non-hydrogen) atoms. The van der Waals surface area contributed by atoms with Crippen LogP contribution in [0.3, 0.4) is 0 Å². The van der Waals surface area contributed by atoms with E-state index in [1.165, 1.54) is 24.3 Å². The maximum atomic E-state index is 12.7. The highest BCUT2D eigenvalue weighted by Crippen LogP contribution is 2.39. The molecule has 156 valence electrons. The summed E-state index contributed by atoms with van der Waals surface area (Å²) in [6.07, 6.45) is 1.45. The minimum Gasteiger partial charge on any atom is -0.481 e. The summed E-state index contributed by atoms with van der Waals surface area (Å²) in [7, 11) is 0. The number of ketones is 1. The predicted molar refractivity (Wildman–Crippen MR) is 109 cm³/mol. The molecule has 0 atom stereocenters. The zero-order valence-electron chi connectivity index (χ0n) is 17.1. The van der Waals surface area contributed by atoms with E-state index >= 15 is 0 Å². The van der Waals surface area contributed by atoms with Crippen molar-refractivity contribution >= 4 is 23.5 Å². The van der Waals surface area contributed by atoms with Crippen molar-refractivity contribution < 1.29 is 28.7 Å². The lowest BCUT2D eigenvalue weighted by atomic mass is 10.1. The summed E-state index contributed by atoms with van der Waals surface area (Å²) in [5.74, 6) is -0.0655. The number of carbonyl (C=O) groups excluding carboxylic acids is 2. The number of ether oxygens (including phenoxy) is 3. The van der Waals surface area contributed by atoms with E-state index in [-0.39, 0.29) is 23.8 Å². The number of esters is 1. The quantitative estimate of drug-likeness (QED) is 0.314. The molecule has 3 rings (SSSR count). The van der Waals surface area contributed by atoms with Crippen molar-refractivity contribution in [1.82, 2.24) is 0 Å². The Morgan fingerprint density at radius 1 is 1.23 bits per heavy atom. The molecule has 0 fully saturated rings. The van der Waals surface area contributed by atoms with Crippen LogP contribution in [-0.2, 0) is 9.53 Å². The van der Waals surface area contributed by atoms with Crippen LogP contribution in [-0.4, -0.2) is 28.9 Å². The maximum absolute atomic E-state index is 12.7. The lowest BCUT2D eigenvalue weighted by Crippen LogP contribution is -2.27. The largest absolute Gasteiger partial charge is 0.481 e. The van der Waals surface area contributed by atoms with Crippen molar-refractivity contribution in [3.05, 3.63) is 69.0 Å². The number of allylic oxidation sites excluding steroid dienone is 1. The van der Waals surface area contributed by atoms with Gasteiger partial charge in [0.25, 0.3) is 5.69 Å². The van der Waals surface area contributed by atoms with E-state index in [0.29, 0.717) is 28.2 Å². The lowest BCUT2D eigenvalue weighted by molar-refractivity contribution is -0.384. The van der Waals surface area contributed by atoms with Gasteiger partial charge >= 0.3 is 5.97 Å². The summed E-state index contributed by atoms with van der Waals surface area (Å²) in [6, 6.07) is 9.05. The molecular formula is C22H21NO7. The number of fused-ring (bicyclic) bond motifs is 1. The summed E-state index contributed by atoms with van der Waals surface area (Å²) in [5.41, 5.74) is 0.691. The van der Waals surface area contributed by atoms with Crippen molar-refractivity contribution in [2.45, 2.75) is 33.3 Å². The first-order chi connectivity index (χ1) is 14.0. The molecular weight excluding hydrogens is 390 g/mol. The van der Waals surface area contributed by atoms with Gasteiger partial charge in [-0.3, -0.25) is 14.9 Å². The van der Waals surface area contributed by atoms with Gasteiger partial charge in [0.15, 0.2) is 12.4 Å². The number of hydrogen-bond donors (Lipinski definition) is 0. The van der Waals surface area contributed by atoms with Crippen molar-refractivity contribution in [2.75, 3.05) is 6.61 Å². The van der Waals surface area contributed by atoms with Crippen LogP contribution >= 0.6 is 0 Å². The predicted octanol–water partition coefficient (Wildman–Crippen LogP) is 4.24. The van der Waals surface area contributed by atoms with Gasteiger partial charge in [0, 0.05) is 17.7 Å². The first-order valence-corrected chi connectivity index (χ1v) is 9.22. The molecule has 0 bridgehead atoms. The fourth-order valence-electron chi connectivity index (χ4n) is 2.91. The number of nitro groups is 1. The zero-order chi connectivity index (χ0) is 22.1. The molecule has 2 aromatic carbocycles. The Bertz CT molecular complexity index is 1060. The monoisotopic (exact) mass is 411 g/mol.